The molecule has 2 N–H and O–H groups in total. The third kappa shape index (κ3) is 3.97. The number of fused-ring (bicyclic) bond motifs is 1. The first-order valence-electron chi connectivity index (χ1n) is 7.12. The summed E-state index contributed by atoms with van der Waals surface area (Å²) in [5.74, 6) is 0.368. The number of alkyl halides is 1. The molecule has 0 radical (unpaired) electrons. The molecule has 0 spiro atoms. The summed E-state index contributed by atoms with van der Waals surface area (Å²) in [4.78, 5) is 12.4. The van der Waals surface area contributed by atoms with Gasteiger partial charge < -0.3 is 10.4 Å². The SMILES string of the molecule is CC(C)CC(Br)CNC(=O)c1ccc2ccccc2c1O. The molecule has 21 heavy (non-hydrogen) atoms. The van der Waals surface area contributed by atoms with Crippen molar-refractivity contribution in [1.82, 2.24) is 5.32 Å². The van der Waals surface area contributed by atoms with Crippen LogP contribution in [0.25, 0.3) is 10.8 Å². The second-order valence-electron chi connectivity index (χ2n) is 5.62. The van der Waals surface area contributed by atoms with Gasteiger partial charge in [-0.15, -0.1) is 0 Å². The Morgan fingerprint density at radius 3 is 2.67 bits per heavy atom. The Bertz CT molecular complexity index is 640. The van der Waals surface area contributed by atoms with E-state index in [1.54, 1.807) is 6.07 Å². The minimum Gasteiger partial charge on any atom is -0.506 e. The summed E-state index contributed by atoms with van der Waals surface area (Å²) >= 11 is 3.56. The number of nitrogens with one attached hydrogen (secondary N) is 1. The van der Waals surface area contributed by atoms with Crippen LogP contribution in [0.5, 0.6) is 5.75 Å². The van der Waals surface area contributed by atoms with E-state index < -0.39 is 0 Å². The molecule has 2 aromatic rings. The van der Waals surface area contributed by atoms with Gasteiger partial charge in [-0.1, -0.05) is 60.1 Å². The summed E-state index contributed by atoms with van der Waals surface area (Å²) in [6.45, 7) is 4.83. The molecule has 0 aromatic heterocycles. The van der Waals surface area contributed by atoms with E-state index in [9.17, 15) is 9.90 Å². The number of benzene rings is 2. The smallest absolute Gasteiger partial charge is 0.255 e. The van der Waals surface area contributed by atoms with E-state index in [4.69, 9.17) is 0 Å². The summed E-state index contributed by atoms with van der Waals surface area (Å²) in [5, 5.41) is 14.7. The summed E-state index contributed by atoms with van der Waals surface area (Å²) in [6, 6.07) is 11.0. The van der Waals surface area contributed by atoms with Gasteiger partial charge in [-0.05, 0) is 23.8 Å². The molecule has 3 nitrogen and oxygen atoms in total. The van der Waals surface area contributed by atoms with E-state index in [1.807, 2.05) is 30.3 Å². The third-order valence-corrected chi connectivity index (χ3v) is 4.05. The van der Waals surface area contributed by atoms with Crippen LogP contribution >= 0.6 is 15.9 Å². The molecule has 0 fully saturated rings. The number of phenolic OH excluding ortho intramolecular Hbond substituents is 1. The zero-order valence-corrected chi connectivity index (χ0v) is 13.9. The van der Waals surface area contributed by atoms with Crippen molar-refractivity contribution in [3.05, 3.63) is 42.0 Å². The van der Waals surface area contributed by atoms with Crippen molar-refractivity contribution in [2.45, 2.75) is 25.1 Å². The van der Waals surface area contributed by atoms with E-state index in [2.05, 4.69) is 35.1 Å². The fraction of sp³-hybridized carbons (Fsp3) is 0.353. The highest BCUT2D eigenvalue weighted by Gasteiger charge is 2.15. The monoisotopic (exact) mass is 349 g/mol. The first-order chi connectivity index (χ1) is 9.99. The second-order valence-corrected chi connectivity index (χ2v) is 6.91. The van der Waals surface area contributed by atoms with Crippen LogP contribution < -0.4 is 5.32 Å². The standard InChI is InChI=1S/C17H20BrNO2/c1-11(2)9-13(18)10-19-17(21)15-8-7-12-5-3-4-6-14(12)16(15)20/h3-8,11,13,20H,9-10H2,1-2H3,(H,19,21). The van der Waals surface area contributed by atoms with Crippen LogP contribution in [0.4, 0.5) is 0 Å². The van der Waals surface area contributed by atoms with E-state index in [0.717, 1.165) is 11.8 Å². The molecule has 1 atom stereocenters. The maximum absolute atomic E-state index is 12.2. The number of carbonyl (C=O) groups is 1. The lowest BCUT2D eigenvalue weighted by Crippen LogP contribution is -2.30. The van der Waals surface area contributed by atoms with Gasteiger partial charge in [0.2, 0.25) is 0 Å². The van der Waals surface area contributed by atoms with Gasteiger partial charge in [-0.2, -0.15) is 0 Å². The van der Waals surface area contributed by atoms with E-state index in [0.29, 0.717) is 23.4 Å². The van der Waals surface area contributed by atoms with Gasteiger partial charge in [0.1, 0.15) is 5.75 Å². The van der Waals surface area contributed by atoms with Crippen molar-refractivity contribution in [3.63, 3.8) is 0 Å². The Morgan fingerprint density at radius 2 is 1.95 bits per heavy atom. The molecule has 2 rings (SSSR count). The normalized spacial score (nSPS) is 12.6. The van der Waals surface area contributed by atoms with Gasteiger partial charge in [0.15, 0.2) is 0 Å². The van der Waals surface area contributed by atoms with Gasteiger partial charge in [-0.25, -0.2) is 0 Å². The van der Waals surface area contributed by atoms with Crippen LogP contribution in [0, 0.1) is 5.92 Å². The number of aromatic hydroxyl groups is 1. The number of rotatable bonds is 5. The Hall–Kier alpha value is -1.55. The Kier molecular flexibility index (Phi) is 5.23. The lowest BCUT2D eigenvalue weighted by Gasteiger charge is -2.14. The average molecular weight is 350 g/mol. The van der Waals surface area contributed by atoms with E-state index in [-0.39, 0.29) is 16.5 Å². The maximum atomic E-state index is 12.2. The summed E-state index contributed by atoms with van der Waals surface area (Å²) < 4.78 is 0. The number of amides is 1. The molecule has 2 aromatic carbocycles. The van der Waals surface area contributed by atoms with Crippen LogP contribution in [-0.4, -0.2) is 22.4 Å². The quantitative estimate of drug-likeness (QED) is 0.798. The minimum absolute atomic E-state index is 0.0422. The van der Waals surface area contributed by atoms with E-state index >= 15 is 0 Å². The Balaban J connectivity index is 2.11. The molecule has 0 saturated heterocycles. The molecule has 1 amide bonds. The summed E-state index contributed by atoms with van der Waals surface area (Å²) in [6.07, 6.45) is 0.990. The first kappa shape index (κ1) is 15.8. The largest absolute Gasteiger partial charge is 0.506 e. The molecule has 112 valence electrons. The topological polar surface area (TPSA) is 49.3 Å². The average Bonchev–Trinajstić information content (AvgIpc) is 2.45. The number of carbonyl (C=O) groups excluding carboxylic acids is 1. The third-order valence-electron chi connectivity index (χ3n) is 3.36. The molecular formula is C17H20BrNO2. The fourth-order valence-corrected chi connectivity index (χ4v) is 3.24. The molecule has 0 bridgehead atoms. The minimum atomic E-state index is -0.244. The van der Waals surface area contributed by atoms with Gasteiger partial charge in [-0.3, -0.25) is 4.79 Å². The maximum Gasteiger partial charge on any atom is 0.255 e. The van der Waals surface area contributed by atoms with E-state index in [1.165, 1.54) is 0 Å². The lowest BCUT2D eigenvalue weighted by molar-refractivity contribution is 0.0951. The predicted molar refractivity (Wildman–Crippen MR) is 90.1 cm³/mol. The molecule has 4 heteroatoms. The summed E-state index contributed by atoms with van der Waals surface area (Å²) in [5.41, 5.74) is 0.318. The van der Waals surface area contributed by atoms with Crippen LogP contribution in [0.15, 0.2) is 36.4 Å². The van der Waals surface area contributed by atoms with Crippen molar-refractivity contribution in [1.29, 1.82) is 0 Å². The van der Waals surface area contributed by atoms with Crippen molar-refractivity contribution in [2.24, 2.45) is 5.92 Å². The van der Waals surface area contributed by atoms with Crippen molar-refractivity contribution < 1.29 is 9.90 Å². The van der Waals surface area contributed by atoms with Crippen LogP contribution in [0.2, 0.25) is 0 Å². The Morgan fingerprint density at radius 1 is 1.24 bits per heavy atom. The van der Waals surface area contributed by atoms with Crippen LogP contribution in [0.1, 0.15) is 30.6 Å². The number of hydrogen-bond donors (Lipinski definition) is 2. The second kappa shape index (κ2) is 6.94. The first-order valence-corrected chi connectivity index (χ1v) is 8.03. The number of hydrogen-bond acceptors (Lipinski definition) is 2. The van der Waals surface area contributed by atoms with Crippen molar-refractivity contribution in [2.75, 3.05) is 6.54 Å². The van der Waals surface area contributed by atoms with Crippen LogP contribution in [0.3, 0.4) is 0 Å². The van der Waals surface area contributed by atoms with Crippen molar-refractivity contribution in [3.8, 4) is 5.75 Å². The highest BCUT2D eigenvalue weighted by Crippen LogP contribution is 2.28. The molecule has 0 aliphatic heterocycles. The molecule has 1 unspecified atom stereocenters. The van der Waals surface area contributed by atoms with Gasteiger partial charge >= 0.3 is 0 Å². The molecule has 0 aliphatic carbocycles. The lowest BCUT2D eigenvalue weighted by atomic mass is 10.0. The van der Waals surface area contributed by atoms with Gasteiger partial charge in [0.25, 0.3) is 5.91 Å². The molecule has 0 heterocycles. The predicted octanol–water partition coefficient (Wildman–Crippen LogP) is 4.08. The highest BCUT2D eigenvalue weighted by molar-refractivity contribution is 9.09. The number of halogens is 1. The van der Waals surface area contributed by atoms with Gasteiger partial charge in [0.05, 0.1) is 5.56 Å². The zero-order valence-electron chi connectivity index (χ0n) is 12.3. The van der Waals surface area contributed by atoms with Crippen LogP contribution in [-0.2, 0) is 0 Å². The highest BCUT2D eigenvalue weighted by atomic mass is 79.9. The van der Waals surface area contributed by atoms with Gasteiger partial charge in [0, 0.05) is 16.8 Å². The zero-order chi connectivity index (χ0) is 15.4. The number of phenols is 1. The fourth-order valence-electron chi connectivity index (χ4n) is 2.33. The molecule has 0 saturated carbocycles. The van der Waals surface area contributed by atoms with Crippen molar-refractivity contribution >= 4 is 32.6 Å². The molecule has 0 aliphatic rings. The molecular weight excluding hydrogens is 330 g/mol. The summed E-state index contributed by atoms with van der Waals surface area (Å²) in [7, 11) is 0. The Labute approximate surface area is 133 Å².